The first-order valence-electron chi connectivity index (χ1n) is 7.71. The summed E-state index contributed by atoms with van der Waals surface area (Å²) in [5.41, 5.74) is 0.159. The van der Waals surface area contributed by atoms with Gasteiger partial charge in [0.25, 0.3) is 11.8 Å². The van der Waals surface area contributed by atoms with Gasteiger partial charge in [0, 0.05) is 17.7 Å². The maximum atomic E-state index is 12.9. The number of carbonyl (C=O) groups is 3. The van der Waals surface area contributed by atoms with Gasteiger partial charge in [-0.1, -0.05) is 23.7 Å². The van der Waals surface area contributed by atoms with Crippen molar-refractivity contribution >= 4 is 45.8 Å². The summed E-state index contributed by atoms with van der Waals surface area (Å²) in [5, 5.41) is 4.65. The predicted molar refractivity (Wildman–Crippen MR) is 94.6 cm³/mol. The number of amides is 3. The number of anilines is 1. The van der Waals surface area contributed by atoms with Crippen LogP contribution >= 0.6 is 11.6 Å². The van der Waals surface area contributed by atoms with E-state index in [1.807, 2.05) is 0 Å². The molecule has 1 N–H and O–H groups in total. The molecule has 3 rings (SSSR count). The molecule has 0 radical (unpaired) electrons. The number of nitrogens with one attached hydrogen (secondary N) is 1. The lowest BCUT2D eigenvalue weighted by atomic mass is 9.94. The van der Waals surface area contributed by atoms with Crippen LogP contribution in [-0.2, 0) is 9.63 Å². The topological polar surface area (TPSA) is 75.7 Å². The fourth-order valence-corrected chi connectivity index (χ4v) is 3.00. The number of rotatable bonds is 2. The van der Waals surface area contributed by atoms with Crippen molar-refractivity contribution in [1.29, 1.82) is 0 Å². The molecule has 0 bridgehead atoms. The van der Waals surface area contributed by atoms with E-state index >= 15 is 0 Å². The molecule has 6 nitrogen and oxygen atoms in total. The molecule has 0 aromatic heterocycles. The molecule has 0 atom stereocenters. The average molecular weight is 361 g/mol. The number of hydroxylamine groups is 2. The van der Waals surface area contributed by atoms with Gasteiger partial charge in [-0.05, 0) is 32.9 Å². The summed E-state index contributed by atoms with van der Waals surface area (Å²) >= 11 is 6.37. The van der Waals surface area contributed by atoms with Crippen molar-refractivity contribution in [2.75, 3.05) is 5.32 Å². The highest BCUT2D eigenvalue weighted by atomic mass is 35.5. The molecule has 1 aliphatic heterocycles. The number of halogens is 1. The smallest absolute Gasteiger partial charge is 0.285 e. The molecule has 2 aromatic carbocycles. The third-order valence-electron chi connectivity index (χ3n) is 3.60. The third-order valence-corrected chi connectivity index (χ3v) is 4.01. The van der Waals surface area contributed by atoms with E-state index in [0.717, 1.165) is 5.06 Å². The molecule has 2 aromatic rings. The van der Waals surface area contributed by atoms with Crippen molar-refractivity contribution < 1.29 is 19.2 Å². The van der Waals surface area contributed by atoms with Gasteiger partial charge in [0.1, 0.15) is 0 Å². The molecule has 1 heterocycles. The summed E-state index contributed by atoms with van der Waals surface area (Å²) in [4.78, 5) is 42.6. The van der Waals surface area contributed by atoms with Crippen LogP contribution in [0, 0.1) is 0 Å². The second kappa shape index (κ2) is 5.82. The van der Waals surface area contributed by atoms with Crippen LogP contribution < -0.4 is 5.32 Å². The van der Waals surface area contributed by atoms with E-state index in [9.17, 15) is 14.4 Å². The molecule has 0 unspecified atom stereocenters. The van der Waals surface area contributed by atoms with Crippen molar-refractivity contribution in [3.05, 3.63) is 40.4 Å². The minimum atomic E-state index is -0.733. The summed E-state index contributed by atoms with van der Waals surface area (Å²) < 4.78 is 0. The van der Waals surface area contributed by atoms with E-state index in [1.165, 1.54) is 13.0 Å². The zero-order valence-electron chi connectivity index (χ0n) is 14.3. The van der Waals surface area contributed by atoms with Gasteiger partial charge in [0.05, 0.1) is 27.4 Å². The van der Waals surface area contributed by atoms with Crippen LogP contribution in [0.15, 0.2) is 24.3 Å². The highest BCUT2D eigenvalue weighted by molar-refractivity contribution is 6.41. The molecule has 3 amide bonds. The summed E-state index contributed by atoms with van der Waals surface area (Å²) in [6.45, 7) is 6.58. The van der Waals surface area contributed by atoms with Gasteiger partial charge in [0.2, 0.25) is 5.91 Å². The lowest BCUT2D eigenvalue weighted by Crippen LogP contribution is -2.44. The van der Waals surface area contributed by atoms with Crippen LogP contribution in [0.2, 0.25) is 5.02 Å². The SMILES string of the molecule is CC(=O)Nc1cc2c3c(cccc3c1Cl)C(=O)N(OC(C)(C)C)C2=O. The first-order valence-corrected chi connectivity index (χ1v) is 8.08. The normalized spacial score (nSPS) is 14.2. The van der Waals surface area contributed by atoms with Crippen molar-refractivity contribution in [3.63, 3.8) is 0 Å². The molecule has 0 saturated carbocycles. The first-order chi connectivity index (χ1) is 11.6. The molecule has 0 fully saturated rings. The highest BCUT2D eigenvalue weighted by Gasteiger charge is 2.37. The largest absolute Gasteiger partial charge is 0.325 e. The Bertz CT molecular complexity index is 931. The van der Waals surface area contributed by atoms with E-state index < -0.39 is 17.4 Å². The van der Waals surface area contributed by atoms with Gasteiger partial charge < -0.3 is 5.32 Å². The van der Waals surface area contributed by atoms with Gasteiger partial charge in [-0.25, -0.2) is 0 Å². The van der Waals surface area contributed by atoms with Crippen LogP contribution in [0.5, 0.6) is 0 Å². The van der Waals surface area contributed by atoms with E-state index in [0.29, 0.717) is 22.0 Å². The van der Waals surface area contributed by atoms with Crippen molar-refractivity contribution in [1.82, 2.24) is 5.06 Å². The lowest BCUT2D eigenvalue weighted by Gasteiger charge is -2.31. The van der Waals surface area contributed by atoms with Gasteiger partial charge >= 0.3 is 0 Å². The van der Waals surface area contributed by atoms with E-state index in [1.54, 1.807) is 39.0 Å². The fraction of sp³-hybridized carbons (Fsp3) is 0.278. The molecular weight excluding hydrogens is 344 g/mol. The zero-order chi connectivity index (χ0) is 18.5. The number of imide groups is 1. The minimum Gasteiger partial charge on any atom is -0.325 e. The Kier molecular flexibility index (Phi) is 4.05. The summed E-state index contributed by atoms with van der Waals surface area (Å²) in [7, 11) is 0. The second-order valence-corrected chi connectivity index (χ2v) is 7.18. The minimum absolute atomic E-state index is 0.252. The van der Waals surface area contributed by atoms with E-state index in [-0.39, 0.29) is 16.5 Å². The Hall–Kier alpha value is -2.44. The van der Waals surface area contributed by atoms with Gasteiger partial charge in [-0.3, -0.25) is 19.2 Å². The van der Waals surface area contributed by atoms with Gasteiger partial charge in [-0.2, -0.15) is 0 Å². The molecule has 0 aliphatic carbocycles. The Labute approximate surface area is 149 Å². The maximum absolute atomic E-state index is 12.9. The quantitative estimate of drug-likeness (QED) is 0.827. The Morgan fingerprint density at radius 3 is 2.40 bits per heavy atom. The second-order valence-electron chi connectivity index (χ2n) is 6.80. The van der Waals surface area contributed by atoms with Crippen LogP contribution in [-0.4, -0.2) is 28.4 Å². The van der Waals surface area contributed by atoms with E-state index in [4.69, 9.17) is 16.4 Å². The van der Waals surface area contributed by atoms with Crippen LogP contribution in [0.3, 0.4) is 0 Å². The molecule has 1 aliphatic rings. The maximum Gasteiger partial charge on any atom is 0.285 e. The summed E-state index contributed by atoms with van der Waals surface area (Å²) in [6.07, 6.45) is 0. The van der Waals surface area contributed by atoms with Crippen LogP contribution in [0.1, 0.15) is 48.4 Å². The standard InChI is InChI=1S/C18H17ClN2O4/c1-9(22)20-13-8-12-14-10(15(13)19)6-5-7-11(14)16(23)21(17(12)24)25-18(2,3)4/h5-8H,1-4H3,(H,20,22). The third kappa shape index (κ3) is 2.99. The fourth-order valence-electron chi connectivity index (χ4n) is 2.75. The molecule has 7 heteroatoms. The average Bonchev–Trinajstić information content (AvgIpc) is 2.51. The molecule has 0 saturated heterocycles. The van der Waals surface area contributed by atoms with Crippen LogP contribution in [0.25, 0.3) is 10.8 Å². The number of hydrogen-bond donors (Lipinski definition) is 1. The number of benzene rings is 2. The van der Waals surface area contributed by atoms with E-state index in [2.05, 4.69) is 5.32 Å². The predicted octanol–water partition coefficient (Wildman–Crippen LogP) is 3.78. The Balaban J connectivity index is 2.27. The lowest BCUT2D eigenvalue weighted by molar-refractivity contribution is -0.168. The monoisotopic (exact) mass is 360 g/mol. The molecule has 25 heavy (non-hydrogen) atoms. The Morgan fingerprint density at radius 1 is 1.16 bits per heavy atom. The van der Waals surface area contributed by atoms with Gasteiger partial charge in [0.15, 0.2) is 0 Å². The van der Waals surface area contributed by atoms with Crippen molar-refractivity contribution in [2.45, 2.75) is 33.3 Å². The molecule has 0 spiro atoms. The number of hydrogen-bond acceptors (Lipinski definition) is 4. The zero-order valence-corrected chi connectivity index (χ0v) is 15.0. The van der Waals surface area contributed by atoms with Crippen molar-refractivity contribution in [2.24, 2.45) is 0 Å². The van der Waals surface area contributed by atoms with Crippen molar-refractivity contribution in [3.8, 4) is 0 Å². The van der Waals surface area contributed by atoms with Gasteiger partial charge in [-0.15, -0.1) is 5.06 Å². The summed E-state index contributed by atoms with van der Waals surface area (Å²) in [6, 6.07) is 6.47. The first kappa shape index (κ1) is 17.4. The molecule has 130 valence electrons. The number of carbonyl (C=O) groups excluding carboxylic acids is 3. The Morgan fingerprint density at radius 2 is 1.80 bits per heavy atom. The van der Waals surface area contributed by atoms with Crippen LogP contribution in [0.4, 0.5) is 5.69 Å². The highest BCUT2D eigenvalue weighted by Crippen LogP contribution is 2.39. The number of nitrogens with zero attached hydrogens (tertiary/aromatic N) is 1. The molecular formula is C18H17ClN2O4. The summed E-state index contributed by atoms with van der Waals surface area (Å²) in [5.74, 6) is -1.44.